The zero-order valence-electron chi connectivity index (χ0n) is 9.73. The quantitative estimate of drug-likeness (QED) is 0.860. The van der Waals surface area contributed by atoms with Crippen LogP contribution in [0.3, 0.4) is 0 Å². The van der Waals surface area contributed by atoms with Gasteiger partial charge < -0.3 is 5.73 Å². The molecule has 0 spiro atoms. The van der Waals surface area contributed by atoms with Gasteiger partial charge in [0, 0.05) is 19.9 Å². The van der Waals surface area contributed by atoms with E-state index in [2.05, 4.69) is 10.1 Å². The minimum atomic E-state index is -0.230. The van der Waals surface area contributed by atoms with Gasteiger partial charge in [-0.15, -0.1) is 0 Å². The van der Waals surface area contributed by atoms with Crippen molar-refractivity contribution >= 4 is 0 Å². The lowest BCUT2D eigenvalue weighted by Crippen LogP contribution is -2.08. The Morgan fingerprint density at radius 1 is 1.29 bits per heavy atom. The summed E-state index contributed by atoms with van der Waals surface area (Å²) in [5.41, 5.74) is 6.48. The summed E-state index contributed by atoms with van der Waals surface area (Å²) in [6.07, 6.45) is 1.33. The fourth-order valence-corrected chi connectivity index (χ4v) is 1.68. The van der Waals surface area contributed by atoms with Gasteiger partial charge in [0.1, 0.15) is 11.6 Å². The summed E-state index contributed by atoms with van der Waals surface area (Å²) in [6.45, 7) is 0.558. The lowest BCUT2D eigenvalue weighted by atomic mass is 10.1. The van der Waals surface area contributed by atoms with Gasteiger partial charge in [-0.3, -0.25) is 4.68 Å². The molecule has 1 heterocycles. The van der Waals surface area contributed by atoms with Crippen LogP contribution in [-0.2, 0) is 19.9 Å². The maximum atomic E-state index is 12.7. The molecule has 0 aliphatic rings. The Morgan fingerprint density at radius 2 is 2.00 bits per heavy atom. The number of nitrogens with two attached hydrogens (primary N) is 1. The molecule has 0 unspecified atom stereocenters. The molecule has 2 aromatic rings. The SMILES string of the molecule is Cn1nc(Cc2ccc(F)cc2)nc1CCN. The maximum absolute atomic E-state index is 12.7. The highest BCUT2D eigenvalue weighted by Gasteiger charge is 2.07. The molecule has 0 bridgehead atoms. The third kappa shape index (κ3) is 2.88. The van der Waals surface area contributed by atoms with E-state index in [0.29, 0.717) is 19.4 Å². The van der Waals surface area contributed by atoms with Crippen LogP contribution < -0.4 is 5.73 Å². The second-order valence-corrected chi connectivity index (χ2v) is 3.91. The van der Waals surface area contributed by atoms with Gasteiger partial charge in [-0.2, -0.15) is 5.10 Å². The largest absolute Gasteiger partial charge is 0.330 e. The smallest absolute Gasteiger partial charge is 0.155 e. The van der Waals surface area contributed by atoms with Crippen LogP contribution in [0.4, 0.5) is 4.39 Å². The first-order valence-corrected chi connectivity index (χ1v) is 5.52. The number of hydrogen-bond acceptors (Lipinski definition) is 3. The van der Waals surface area contributed by atoms with Crippen LogP contribution in [0, 0.1) is 5.82 Å². The van der Waals surface area contributed by atoms with Gasteiger partial charge in [0.15, 0.2) is 5.82 Å². The normalized spacial score (nSPS) is 10.8. The van der Waals surface area contributed by atoms with Crippen LogP contribution in [0.15, 0.2) is 24.3 Å². The van der Waals surface area contributed by atoms with Gasteiger partial charge >= 0.3 is 0 Å². The predicted molar refractivity (Wildman–Crippen MR) is 63.0 cm³/mol. The van der Waals surface area contributed by atoms with E-state index in [9.17, 15) is 4.39 Å². The topological polar surface area (TPSA) is 56.7 Å². The van der Waals surface area contributed by atoms with Crippen LogP contribution in [-0.4, -0.2) is 21.3 Å². The number of rotatable bonds is 4. The average molecular weight is 234 g/mol. The van der Waals surface area contributed by atoms with Gasteiger partial charge in [0.25, 0.3) is 0 Å². The van der Waals surface area contributed by atoms with E-state index in [4.69, 9.17) is 5.73 Å². The van der Waals surface area contributed by atoms with E-state index in [1.807, 2.05) is 7.05 Å². The molecule has 2 rings (SSSR count). The summed E-state index contributed by atoms with van der Waals surface area (Å²) in [5, 5.41) is 4.30. The standard InChI is InChI=1S/C12H15FN4/c1-17-12(6-7-14)15-11(16-17)8-9-2-4-10(13)5-3-9/h2-5H,6-8,14H2,1H3. The van der Waals surface area contributed by atoms with Gasteiger partial charge in [-0.1, -0.05) is 12.1 Å². The Morgan fingerprint density at radius 3 is 2.65 bits per heavy atom. The lowest BCUT2D eigenvalue weighted by molar-refractivity contribution is 0.627. The number of halogens is 1. The van der Waals surface area contributed by atoms with E-state index >= 15 is 0 Å². The van der Waals surface area contributed by atoms with Gasteiger partial charge in [-0.05, 0) is 24.2 Å². The van der Waals surface area contributed by atoms with Crippen molar-refractivity contribution in [1.82, 2.24) is 14.8 Å². The number of nitrogens with zero attached hydrogens (tertiary/aromatic N) is 3. The van der Waals surface area contributed by atoms with Crippen molar-refractivity contribution in [2.45, 2.75) is 12.8 Å². The molecule has 0 amide bonds. The zero-order valence-corrected chi connectivity index (χ0v) is 9.73. The fourth-order valence-electron chi connectivity index (χ4n) is 1.68. The summed E-state index contributed by atoms with van der Waals surface area (Å²) in [4.78, 5) is 4.40. The number of hydrogen-bond donors (Lipinski definition) is 1. The summed E-state index contributed by atoms with van der Waals surface area (Å²) in [6, 6.07) is 6.38. The molecular weight excluding hydrogens is 219 g/mol. The van der Waals surface area contributed by atoms with Crippen molar-refractivity contribution in [2.75, 3.05) is 6.54 Å². The van der Waals surface area contributed by atoms with Crippen LogP contribution in [0.2, 0.25) is 0 Å². The van der Waals surface area contributed by atoms with Crippen LogP contribution >= 0.6 is 0 Å². The summed E-state index contributed by atoms with van der Waals surface area (Å²) >= 11 is 0. The Kier molecular flexibility index (Phi) is 3.49. The zero-order chi connectivity index (χ0) is 12.3. The second-order valence-electron chi connectivity index (χ2n) is 3.91. The number of aromatic nitrogens is 3. The molecule has 0 fully saturated rings. The van der Waals surface area contributed by atoms with E-state index < -0.39 is 0 Å². The van der Waals surface area contributed by atoms with E-state index in [-0.39, 0.29) is 5.82 Å². The molecule has 0 radical (unpaired) electrons. The minimum Gasteiger partial charge on any atom is -0.330 e. The van der Waals surface area contributed by atoms with Gasteiger partial charge in [0.05, 0.1) is 0 Å². The second kappa shape index (κ2) is 5.05. The van der Waals surface area contributed by atoms with E-state index in [1.165, 1.54) is 12.1 Å². The summed E-state index contributed by atoms with van der Waals surface area (Å²) in [5.74, 6) is 1.39. The Hall–Kier alpha value is -1.75. The highest BCUT2D eigenvalue weighted by atomic mass is 19.1. The first-order valence-electron chi connectivity index (χ1n) is 5.52. The highest BCUT2D eigenvalue weighted by Crippen LogP contribution is 2.08. The molecule has 0 saturated heterocycles. The number of benzene rings is 1. The third-order valence-electron chi connectivity index (χ3n) is 2.54. The average Bonchev–Trinajstić information content (AvgIpc) is 2.63. The maximum Gasteiger partial charge on any atom is 0.155 e. The molecular formula is C12H15FN4. The molecule has 0 aliphatic heterocycles. The van der Waals surface area contributed by atoms with Crippen molar-refractivity contribution < 1.29 is 4.39 Å². The Labute approximate surface area is 99.3 Å². The summed E-state index contributed by atoms with van der Waals surface area (Å²) < 4.78 is 14.5. The molecule has 0 atom stereocenters. The number of aryl methyl sites for hydroxylation is 1. The van der Waals surface area contributed by atoms with E-state index in [1.54, 1.807) is 16.8 Å². The fraction of sp³-hybridized carbons (Fsp3) is 0.333. The monoisotopic (exact) mass is 234 g/mol. The van der Waals surface area contributed by atoms with Gasteiger partial charge in [0.2, 0.25) is 0 Å². The minimum absolute atomic E-state index is 0.230. The van der Waals surface area contributed by atoms with Crippen molar-refractivity contribution in [3.63, 3.8) is 0 Å². The van der Waals surface area contributed by atoms with Crippen molar-refractivity contribution in [3.8, 4) is 0 Å². The van der Waals surface area contributed by atoms with Crippen LogP contribution in [0.1, 0.15) is 17.2 Å². The van der Waals surface area contributed by atoms with Crippen molar-refractivity contribution in [1.29, 1.82) is 0 Å². The highest BCUT2D eigenvalue weighted by molar-refractivity contribution is 5.19. The van der Waals surface area contributed by atoms with Crippen LogP contribution in [0.25, 0.3) is 0 Å². The predicted octanol–water partition coefficient (Wildman–Crippen LogP) is 1.05. The third-order valence-corrected chi connectivity index (χ3v) is 2.54. The van der Waals surface area contributed by atoms with Gasteiger partial charge in [-0.25, -0.2) is 9.37 Å². The first-order chi connectivity index (χ1) is 8.19. The molecule has 1 aromatic heterocycles. The molecule has 0 aliphatic carbocycles. The lowest BCUT2D eigenvalue weighted by Gasteiger charge is -1.96. The van der Waals surface area contributed by atoms with Crippen molar-refractivity contribution in [3.05, 3.63) is 47.3 Å². The molecule has 90 valence electrons. The first kappa shape index (κ1) is 11.7. The molecule has 4 nitrogen and oxygen atoms in total. The van der Waals surface area contributed by atoms with E-state index in [0.717, 1.165) is 17.2 Å². The molecule has 2 N–H and O–H groups in total. The molecule has 17 heavy (non-hydrogen) atoms. The van der Waals surface area contributed by atoms with Crippen LogP contribution in [0.5, 0.6) is 0 Å². The molecule has 1 aromatic carbocycles. The Bertz CT molecular complexity index is 490. The Balaban J connectivity index is 2.13. The van der Waals surface area contributed by atoms with Crippen molar-refractivity contribution in [2.24, 2.45) is 12.8 Å². The molecule has 0 saturated carbocycles. The molecule has 5 heteroatoms. The summed E-state index contributed by atoms with van der Waals surface area (Å²) in [7, 11) is 1.85.